The molecule has 0 unspecified atom stereocenters. The highest BCUT2D eigenvalue weighted by atomic mass is 16.5. The molecule has 6 nitrogen and oxygen atoms in total. The summed E-state index contributed by atoms with van der Waals surface area (Å²) in [6, 6.07) is 13.9. The molecule has 0 radical (unpaired) electrons. The highest BCUT2D eigenvalue weighted by Gasteiger charge is 2.13. The van der Waals surface area contributed by atoms with Crippen LogP contribution in [0.5, 0.6) is 5.75 Å². The van der Waals surface area contributed by atoms with E-state index in [0.29, 0.717) is 12.2 Å². The Morgan fingerprint density at radius 3 is 2.41 bits per heavy atom. The van der Waals surface area contributed by atoms with Crippen LogP contribution in [0.25, 0.3) is 22.2 Å². The summed E-state index contributed by atoms with van der Waals surface area (Å²) in [5, 5.41) is 0. The molecule has 0 saturated carbocycles. The van der Waals surface area contributed by atoms with E-state index in [1.165, 1.54) is 4.57 Å². The smallest absolute Gasteiger partial charge is 0.419 e. The molecule has 1 aliphatic heterocycles. The Morgan fingerprint density at radius 2 is 1.67 bits per heavy atom. The molecule has 0 bridgehead atoms. The van der Waals surface area contributed by atoms with E-state index in [0.717, 1.165) is 55.1 Å². The molecule has 6 heteroatoms. The van der Waals surface area contributed by atoms with Crippen LogP contribution in [-0.2, 0) is 7.05 Å². The lowest BCUT2D eigenvalue weighted by Crippen LogP contribution is -2.45. The monoisotopic (exact) mass is 367 g/mol. The first-order valence-corrected chi connectivity index (χ1v) is 9.34. The van der Waals surface area contributed by atoms with E-state index < -0.39 is 0 Å². The van der Waals surface area contributed by atoms with E-state index in [2.05, 4.69) is 16.8 Å². The number of fused-ring (bicyclic) bond motifs is 1. The van der Waals surface area contributed by atoms with Gasteiger partial charge in [0.1, 0.15) is 12.4 Å². The van der Waals surface area contributed by atoms with Crippen molar-refractivity contribution < 1.29 is 9.15 Å². The highest BCUT2D eigenvalue weighted by Crippen LogP contribution is 2.25. The molecule has 1 fully saturated rings. The first-order valence-electron chi connectivity index (χ1n) is 9.34. The number of likely N-dealkylation sites (N-methyl/N-ethyl adjacent to an activating group) is 1. The molecular formula is C21H25N3O3. The Labute approximate surface area is 158 Å². The van der Waals surface area contributed by atoms with E-state index in [9.17, 15) is 4.79 Å². The molecule has 1 saturated heterocycles. The van der Waals surface area contributed by atoms with Gasteiger partial charge in [0, 0.05) is 39.8 Å². The van der Waals surface area contributed by atoms with Crippen LogP contribution in [0.2, 0.25) is 0 Å². The van der Waals surface area contributed by atoms with Gasteiger partial charge in [0.05, 0.1) is 5.52 Å². The lowest BCUT2D eigenvalue weighted by molar-refractivity contribution is 0.134. The summed E-state index contributed by atoms with van der Waals surface area (Å²) >= 11 is 0. The van der Waals surface area contributed by atoms with Crippen LogP contribution in [0.15, 0.2) is 51.7 Å². The van der Waals surface area contributed by atoms with Gasteiger partial charge in [-0.05, 0) is 42.4 Å². The molecule has 27 heavy (non-hydrogen) atoms. The Balaban J connectivity index is 1.38. The zero-order chi connectivity index (χ0) is 18.8. The third kappa shape index (κ3) is 3.91. The van der Waals surface area contributed by atoms with Gasteiger partial charge < -0.3 is 14.1 Å². The van der Waals surface area contributed by atoms with E-state index in [1.807, 2.05) is 42.5 Å². The van der Waals surface area contributed by atoms with Crippen molar-refractivity contribution in [3.8, 4) is 16.9 Å². The average molecular weight is 367 g/mol. The summed E-state index contributed by atoms with van der Waals surface area (Å²) in [6.45, 7) is 6.12. The number of rotatable bonds is 5. The number of oxazole rings is 1. The number of nitrogens with zero attached hydrogens (tertiary/aromatic N) is 3. The second kappa shape index (κ2) is 7.58. The normalized spacial score (nSPS) is 16.1. The zero-order valence-electron chi connectivity index (χ0n) is 15.9. The van der Waals surface area contributed by atoms with Crippen molar-refractivity contribution in [2.45, 2.75) is 0 Å². The maximum absolute atomic E-state index is 11.6. The van der Waals surface area contributed by atoms with Crippen molar-refractivity contribution in [1.29, 1.82) is 0 Å². The summed E-state index contributed by atoms with van der Waals surface area (Å²) in [4.78, 5) is 16.4. The summed E-state index contributed by atoms with van der Waals surface area (Å²) in [5.74, 6) is 0.534. The van der Waals surface area contributed by atoms with Crippen molar-refractivity contribution in [1.82, 2.24) is 14.4 Å². The van der Waals surface area contributed by atoms with Crippen LogP contribution < -0.4 is 10.5 Å². The van der Waals surface area contributed by atoms with Crippen molar-refractivity contribution in [3.63, 3.8) is 0 Å². The molecule has 4 rings (SSSR count). The van der Waals surface area contributed by atoms with Gasteiger partial charge in [-0.25, -0.2) is 4.79 Å². The van der Waals surface area contributed by atoms with E-state index in [1.54, 1.807) is 7.05 Å². The first kappa shape index (κ1) is 17.8. The van der Waals surface area contributed by atoms with E-state index >= 15 is 0 Å². The third-order valence-corrected chi connectivity index (χ3v) is 5.25. The molecular weight excluding hydrogens is 342 g/mol. The minimum atomic E-state index is -0.341. The molecule has 0 amide bonds. The molecule has 3 aromatic rings. The van der Waals surface area contributed by atoms with Gasteiger partial charge in [-0.15, -0.1) is 0 Å². The van der Waals surface area contributed by atoms with Crippen LogP contribution in [0.4, 0.5) is 0 Å². The lowest BCUT2D eigenvalue weighted by Gasteiger charge is -2.32. The molecule has 1 aliphatic rings. The van der Waals surface area contributed by atoms with Crippen molar-refractivity contribution in [2.75, 3.05) is 46.4 Å². The number of aromatic nitrogens is 1. The van der Waals surface area contributed by atoms with E-state index in [4.69, 9.17) is 9.15 Å². The number of hydrogen-bond acceptors (Lipinski definition) is 5. The molecule has 0 atom stereocenters. The minimum absolute atomic E-state index is 0.341. The average Bonchev–Trinajstić information content (AvgIpc) is 2.97. The van der Waals surface area contributed by atoms with Crippen LogP contribution in [0.3, 0.4) is 0 Å². The second-order valence-corrected chi connectivity index (χ2v) is 7.13. The Kier molecular flexibility index (Phi) is 5.01. The van der Waals surface area contributed by atoms with Gasteiger partial charge in [-0.1, -0.05) is 18.2 Å². The number of benzene rings is 2. The van der Waals surface area contributed by atoms with Gasteiger partial charge in [0.15, 0.2) is 5.58 Å². The standard InChI is InChI=1S/C21H25N3O3/c1-22-9-11-24(12-10-22)13-14-26-18-6-3-16(4-7-18)17-5-8-19-20(15-17)27-21(25)23(19)2/h3-8,15H,9-14H2,1-2H3. The predicted molar refractivity (Wildman–Crippen MR) is 106 cm³/mol. The molecule has 2 heterocycles. The van der Waals surface area contributed by atoms with Crippen LogP contribution in [-0.4, -0.2) is 60.7 Å². The molecule has 142 valence electrons. The number of hydrogen-bond donors (Lipinski definition) is 0. The van der Waals surface area contributed by atoms with Crippen LogP contribution in [0.1, 0.15) is 0 Å². The quantitative estimate of drug-likeness (QED) is 0.693. The minimum Gasteiger partial charge on any atom is -0.492 e. The van der Waals surface area contributed by atoms with Crippen LogP contribution >= 0.6 is 0 Å². The number of piperazine rings is 1. The van der Waals surface area contributed by atoms with Crippen molar-refractivity contribution in [3.05, 3.63) is 53.0 Å². The summed E-state index contributed by atoms with van der Waals surface area (Å²) in [6.07, 6.45) is 0. The summed E-state index contributed by atoms with van der Waals surface area (Å²) in [5.41, 5.74) is 3.48. The predicted octanol–water partition coefficient (Wildman–Crippen LogP) is 2.42. The Hall–Kier alpha value is -2.57. The Bertz CT molecular complexity index is 966. The molecule has 0 spiro atoms. The molecule has 0 N–H and O–H groups in total. The molecule has 2 aromatic carbocycles. The topological polar surface area (TPSA) is 50.9 Å². The van der Waals surface area contributed by atoms with Crippen molar-refractivity contribution in [2.24, 2.45) is 7.05 Å². The number of ether oxygens (including phenoxy) is 1. The van der Waals surface area contributed by atoms with Crippen LogP contribution in [0, 0.1) is 0 Å². The fourth-order valence-electron chi connectivity index (χ4n) is 3.42. The second-order valence-electron chi connectivity index (χ2n) is 7.13. The number of aryl methyl sites for hydroxylation is 1. The highest BCUT2D eigenvalue weighted by molar-refractivity contribution is 5.80. The summed E-state index contributed by atoms with van der Waals surface area (Å²) < 4.78 is 12.7. The fraction of sp³-hybridized carbons (Fsp3) is 0.381. The Morgan fingerprint density at radius 1 is 0.963 bits per heavy atom. The molecule has 0 aliphatic carbocycles. The van der Waals surface area contributed by atoms with Crippen molar-refractivity contribution >= 4 is 11.1 Å². The molecule has 1 aromatic heterocycles. The third-order valence-electron chi connectivity index (χ3n) is 5.25. The largest absolute Gasteiger partial charge is 0.492 e. The zero-order valence-corrected chi connectivity index (χ0v) is 15.9. The van der Waals surface area contributed by atoms with Gasteiger partial charge in [0.2, 0.25) is 0 Å². The lowest BCUT2D eigenvalue weighted by atomic mass is 10.1. The van der Waals surface area contributed by atoms with Gasteiger partial charge in [-0.2, -0.15) is 0 Å². The van der Waals surface area contributed by atoms with E-state index in [-0.39, 0.29) is 5.76 Å². The first-order chi connectivity index (χ1) is 13.1. The summed E-state index contributed by atoms with van der Waals surface area (Å²) in [7, 11) is 3.88. The maximum atomic E-state index is 11.6. The fourth-order valence-corrected chi connectivity index (χ4v) is 3.42. The van der Waals surface area contributed by atoms with Gasteiger partial charge in [0.25, 0.3) is 0 Å². The van der Waals surface area contributed by atoms with Gasteiger partial charge in [-0.3, -0.25) is 9.47 Å². The van der Waals surface area contributed by atoms with Gasteiger partial charge >= 0.3 is 5.76 Å². The maximum Gasteiger partial charge on any atom is 0.419 e. The SMILES string of the molecule is CN1CCN(CCOc2ccc(-c3ccc4c(c3)oc(=O)n4C)cc2)CC1.